The van der Waals surface area contributed by atoms with E-state index in [0.29, 0.717) is 24.5 Å². The van der Waals surface area contributed by atoms with Gasteiger partial charge in [-0.05, 0) is 57.0 Å². The van der Waals surface area contributed by atoms with Gasteiger partial charge in [0.25, 0.3) is 5.91 Å². The van der Waals surface area contributed by atoms with Gasteiger partial charge in [0.1, 0.15) is 18.2 Å². The van der Waals surface area contributed by atoms with E-state index in [1.54, 1.807) is 49.9 Å². The van der Waals surface area contributed by atoms with Crippen molar-refractivity contribution in [3.8, 4) is 0 Å². The van der Waals surface area contributed by atoms with Gasteiger partial charge in [-0.2, -0.15) is 0 Å². The number of hydrogen-bond donors (Lipinski definition) is 1. The van der Waals surface area contributed by atoms with Crippen molar-refractivity contribution in [3.63, 3.8) is 0 Å². The number of nitrogens with one attached hydrogen (secondary N) is 1. The molecule has 0 bridgehead atoms. The zero-order chi connectivity index (χ0) is 22.6. The van der Waals surface area contributed by atoms with Crippen molar-refractivity contribution >= 4 is 29.3 Å². The molecule has 3 amide bonds. The molecule has 0 unspecified atom stereocenters. The van der Waals surface area contributed by atoms with Crippen molar-refractivity contribution in [2.75, 3.05) is 36.5 Å². The fourth-order valence-corrected chi connectivity index (χ4v) is 3.48. The Kier molecular flexibility index (Phi) is 6.67. The highest BCUT2D eigenvalue weighted by Gasteiger charge is 2.41. The summed E-state index contributed by atoms with van der Waals surface area (Å²) in [6.45, 7) is 6.31. The van der Waals surface area contributed by atoms with Crippen molar-refractivity contribution < 1.29 is 23.9 Å². The third kappa shape index (κ3) is 5.65. The first kappa shape index (κ1) is 22.4. The summed E-state index contributed by atoms with van der Waals surface area (Å²) in [7, 11) is 0. The highest BCUT2D eigenvalue weighted by Crippen LogP contribution is 2.25. The Balaban J connectivity index is 1.70. The molecule has 2 atom stereocenters. The average molecular weight is 430 g/mol. The highest BCUT2D eigenvalue weighted by molar-refractivity contribution is 5.98. The maximum absolute atomic E-state index is 12.9. The van der Waals surface area contributed by atoms with Crippen LogP contribution in [0.2, 0.25) is 0 Å². The van der Waals surface area contributed by atoms with E-state index < -0.39 is 29.7 Å². The van der Waals surface area contributed by atoms with Gasteiger partial charge in [0.2, 0.25) is 5.91 Å². The number of anilines is 2. The highest BCUT2D eigenvalue weighted by atomic mass is 16.6. The number of ether oxygens (including phenoxy) is 2. The van der Waals surface area contributed by atoms with E-state index in [2.05, 4.69) is 15.3 Å². The minimum atomic E-state index is -0.828. The lowest BCUT2D eigenvalue weighted by atomic mass is 10.1. The van der Waals surface area contributed by atoms with Gasteiger partial charge < -0.3 is 19.7 Å². The quantitative estimate of drug-likeness (QED) is 0.445. The first-order valence-corrected chi connectivity index (χ1v) is 10.0. The number of rotatable bonds is 4. The van der Waals surface area contributed by atoms with Crippen molar-refractivity contribution in [1.82, 2.24) is 4.90 Å². The van der Waals surface area contributed by atoms with E-state index in [4.69, 9.17) is 15.0 Å². The summed E-state index contributed by atoms with van der Waals surface area (Å²) in [4.78, 5) is 43.2. The molecule has 0 spiro atoms. The Labute approximate surface area is 179 Å². The molecule has 2 aliphatic heterocycles. The molecular weight excluding hydrogens is 404 g/mol. The van der Waals surface area contributed by atoms with Crippen LogP contribution >= 0.6 is 0 Å². The Bertz CT molecular complexity index is 890. The molecule has 0 radical (unpaired) electrons. The van der Waals surface area contributed by atoms with Gasteiger partial charge in [-0.25, -0.2) is 4.79 Å². The minimum absolute atomic E-state index is 0.0486. The van der Waals surface area contributed by atoms with Crippen molar-refractivity contribution in [1.29, 1.82) is 0 Å². The number of hydrogen-bond acceptors (Lipinski definition) is 6. The number of likely N-dealkylation sites (tertiary alicyclic amines) is 1. The van der Waals surface area contributed by atoms with Crippen LogP contribution in [-0.4, -0.2) is 66.8 Å². The molecule has 31 heavy (non-hydrogen) atoms. The lowest BCUT2D eigenvalue weighted by molar-refractivity contribution is -0.125. The SMILES string of the molecule is CC(C)(C)OC(=O)N1C[C@@H](N=[N+]=[N-])C[C@@H]1C(=O)Nc1ccc(N2CCOCC2=O)cc1. The number of morpholine rings is 1. The molecule has 166 valence electrons. The zero-order valence-electron chi connectivity index (χ0n) is 17.8. The lowest BCUT2D eigenvalue weighted by Gasteiger charge is -2.28. The molecule has 11 nitrogen and oxygen atoms in total. The van der Waals surface area contributed by atoms with Gasteiger partial charge in [-0.15, -0.1) is 0 Å². The van der Waals surface area contributed by atoms with E-state index in [9.17, 15) is 14.4 Å². The van der Waals surface area contributed by atoms with Crippen LogP contribution in [0, 0.1) is 0 Å². The largest absolute Gasteiger partial charge is 0.444 e. The van der Waals surface area contributed by atoms with Crippen LogP contribution in [0.25, 0.3) is 10.4 Å². The van der Waals surface area contributed by atoms with Crippen molar-refractivity contribution in [2.45, 2.75) is 44.9 Å². The molecule has 0 aromatic heterocycles. The number of benzene rings is 1. The normalized spacial score (nSPS) is 21.5. The van der Waals surface area contributed by atoms with E-state index in [1.165, 1.54) is 4.90 Å². The fraction of sp³-hybridized carbons (Fsp3) is 0.550. The monoisotopic (exact) mass is 430 g/mol. The van der Waals surface area contributed by atoms with Crippen LogP contribution in [0.1, 0.15) is 27.2 Å². The first-order chi connectivity index (χ1) is 14.7. The van der Waals surface area contributed by atoms with Crippen LogP contribution in [0.15, 0.2) is 29.4 Å². The second kappa shape index (κ2) is 9.23. The average Bonchev–Trinajstić information content (AvgIpc) is 3.13. The molecule has 1 aromatic rings. The third-order valence-electron chi connectivity index (χ3n) is 4.86. The van der Waals surface area contributed by atoms with Gasteiger partial charge >= 0.3 is 6.09 Å². The van der Waals surface area contributed by atoms with E-state index >= 15 is 0 Å². The second-order valence-corrected chi connectivity index (χ2v) is 8.38. The molecule has 2 fully saturated rings. The fourth-order valence-electron chi connectivity index (χ4n) is 3.48. The van der Waals surface area contributed by atoms with Crippen LogP contribution in [0.4, 0.5) is 16.2 Å². The smallest absolute Gasteiger partial charge is 0.410 e. The van der Waals surface area contributed by atoms with Gasteiger partial charge in [-0.3, -0.25) is 14.5 Å². The second-order valence-electron chi connectivity index (χ2n) is 8.38. The van der Waals surface area contributed by atoms with Gasteiger partial charge in [0, 0.05) is 29.4 Å². The van der Waals surface area contributed by atoms with Crippen LogP contribution in [0.5, 0.6) is 0 Å². The molecule has 2 aliphatic rings. The Morgan fingerprint density at radius 1 is 1.29 bits per heavy atom. The van der Waals surface area contributed by atoms with Gasteiger partial charge in [-0.1, -0.05) is 5.11 Å². The van der Waals surface area contributed by atoms with Crippen molar-refractivity contribution in [2.24, 2.45) is 5.11 Å². The third-order valence-corrected chi connectivity index (χ3v) is 4.86. The summed E-state index contributed by atoms with van der Waals surface area (Å²) in [5, 5.41) is 6.45. The standard InChI is InChI=1S/C20H26N6O5/c1-20(2,3)31-19(29)26-11-14(23-24-21)10-16(26)18(28)22-13-4-6-15(7-5-13)25-8-9-30-12-17(25)27/h4-7,14,16H,8-12H2,1-3H3,(H,22,28)/t14-,16+/m0/s1. The molecule has 0 aliphatic carbocycles. The summed E-state index contributed by atoms with van der Waals surface area (Å²) in [6.07, 6.45) is -0.431. The van der Waals surface area contributed by atoms with Crippen LogP contribution < -0.4 is 10.2 Å². The van der Waals surface area contributed by atoms with Crippen LogP contribution in [-0.2, 0) is 19.1 Å². The van der Waals surface area contributed by atoms with E-state index in [1.807, 2.05) is 0 Å². The summed E-state index contributed by atoms with van der Waals surface area (Å²) in [6, 6.07) is 5.51. The number of nitrogens with zero attached hydrogens (tertiary/aromatic N) is 5. The molecule has 1 N–H and O–H groups in total. The summed E-state index contributed by atoms with van der Waals surface area (Å²) < 4.78 is 10.5. The van der Waals surface area contributed by atoms with Crippen molar-refractivity contribution in [3.05, 3.63) is 34.7 Å². The molecule has 2 heterocycles. The summed E-state index contributed by atoms with van der Waals surface area (Å²) in [5.74, 6) is -0.525. The molecule has 3 rings (SSSR count). The molecule has 1 aromatic carbocycles. The summed E-state index contributed by atoms with van der Waals surface area (Å²) in [5.41, 5.74) is 9.25. The zero-order valence-corrected chi connectivity index (χ0v) is 17.8. The number of carbonyl (C=O) groups is 3. The van der Waals surface area contributed by atoms with Gasteiger partial charge in [0.15, 0.2) is 0 Å². The maximum atomic E-state index is 12.9. The Morgan fingerprint density at radius 2 is 2.00 bits per heavy atom. The van der Waals surface area contributed by atoms with Gasteiger partial charge in [0.05, 0.1) is 12.6 Å². The Morgan fingerprint density at radius 3 is 2.61 bits per heavy atom. The topological polar surface area (TPSA) is 137 Å². The van der Waals surface area contributed by atoms with E-state index in [-0.39, 0.29) is 25.5 Å². The molecular formula is C20H26N6O5. The minimum Gasteiger partial charge on any atom is -0.444 e. The maximum Gasteiger partial charge on any atom is 0.410 e. The Hall–Kier alpha value is -3.30. The molecule has 2 saturated heterocycles. The van der Waals surface area contributed by atoms with Crippen LogP contribution in [0.3, 0.4) is 0 Å². The predicted octanol–water partition coefficient (Wildman–Crippen LogP) is 2.68. The number of azide groups is 1. The molecule has 0 saturated carbocycles. The molecule has 11 heteroatoms. The summed E-state index contributed by atoms with van der Waals surface area (Å²) >= 11 is 0. The number of carbonyl (C=O) groups excluding carboxylic acids is 3. The predicted molar refractivity (Wildman–Crippen MR) is 113 cm³/mol. The number of amides is 3. The van der Waals surface area contributed by atoms with E-state index in [0.717, 1.165) is 0 Å². The lowest BCUT2D eigenvalue weighted by Crippen LogP contribution is -2.45. The first-order valence-electron chi connectivity index (χ1n) is 10.0.